The number of carbonyl (C=O) groups excluding carboxylic acids is 1. The molecule has 0 radical (unpaired) electrons. The molecule has 1 aliphatic heterocycles. The minimum absolute atomic E-state index is 0.0113. The van der Waals surface area contributed by atoms with Crippen LogP contribution in [0, 0.1) is 12.8 Å². The molecule has 0 bridgehead atoms. The number of methoxy groups -OCH3 is 1. The van der Waals surface area contributed by atoms with E-state index in [1.165, 1.54) is 11.4 Å². The van der Waals surface area contributed by atoms with Gasteiger partial charge in [-0.05, 0) is 36.6 Å². The lowest BCUT2D eigenvalue weighted by Crippen LogP contribution is -2.64. The van der Waals surface area contributed by atoms with Crippen molar-refractivity contribution in [2.24, 2.45) is 5.92 Å². The highest BCUT2D eigenvalue weighted by Gasteiger charge is 2.55. The quantitative estimate of drug-likeness (QED) is 0.832. The number of β-amino-alcohol motifs (C(OH)–C–C–N with tert-alkyl or cyclic N) is 1. The molecule has 1 N–H and O–H groups in total. The van der Waals surface area contributed by atoms with E-state index < -0.39 is 21.6 Å². The normalized spacial score (nSPS) is 21.9. The first-order chi connectivity index (χ1) is 9.79. The standard InChI is InChI=1S/C13H17NO5S2/c1-8-5-20-10(12(15)19-2)11(8)21(17,18)14-6-13(16,7-14)9-3-4-9/h5,9,16H,3-4,6-7H2,1-2H3. The summed E-state index contributed by atoms with van der Waals surface area (Å²) in [4.78, 5) is 11.8. The lowest BCUT2D eigenvalue weighted by molar-refractivity contribution is -0.0764. The molecule has 0 aromatic carbocycles. The summed E-state index contributed by atoms with van der Waals surface area (Å²) in [5.74, 6) is -0.433. The molecular weight excluding hydrogens is 314 g/mol. The van der Waals surface area contributed by atoms with Gasteiger partial charge in [0.25, 0.3) is 0 Å². The van der Waals surface area contributed by atoms with Crippen LogP contribution >= 0.6 is 11.3 Å². The van der Waals surface area contributed by atoms with E-state index in [2.05, 4.69) is 4.74 Å². The Labute approximate surface area is 127 Å². The Bertz CT molecular complexity index is 683. The van der Waals surface area contributed by atoms with Crippen molar-refractivity contribution in [1.29, 1.82) is 0 Å². The lowest BCUT2D eigenvalue weighted by Gasteiger charge is -2.45. The molecule has 1 aliphatic carbocycles. The number of hydrogen-bond donors (Lipinski definition) is 1. The molecule has 0 unspecified atom stereocenters. The minimum Gasteiger partial charge on any atom is -0.465 e. The van der Waals surface area contributed by atoms with Crippen LogP contribution in [0.4, 0.5) is 0 Å². The molecule has 1 aromatic rings. The highest BCUT2D eigenvalue weighted by atomic mass is 32.2. The summed E-state index contributed by atoms with van der Waals surface area (Å²) >= 11 is 1.06. The summed E-state index contributed by atoms with van der Waals surface area (Å²) in [5.41, 5.74) is -0.357. The van der Waals surface area contributed by atoms with Gasteiger partial charge in [-0.3, -0.25) is 0 Å². The number of esters is 1. The van der Waals surface area contributed by atoms with Gasteiger partial charge in [0.15, 0.2) is 0 Å². The summed E-state index contributed by atoms with van der Waals surface area (Å²) in [6.45, 7) is 1.87. The molecule has 0 atom stereocenters. The molecule has 0 spiro atoms. The minimum atomic E-state index is -3.77. The SMILES string of the molecule is COC(=O)c1scc(C)c1S(=O)(=O)N1CC(O)(C2CC2)C1. The fourth-order valence-electron chi connectivity index (χ4n) is 2.73. The Hall–Kier alpha value is -0.960. The number of aliphatic hydroxyl groups is 1. The van der Waals surface area contributed by atoms with Crippen LogP contribution in [0.3, 0.4) is 0 Å². The number of rotatable bonds is 4. The average Bonchev–Trinajstić information content (AvgIpc) is 3.17. The number of sulfonamides is 1. The van der Waals surface area contributed by atoms with Crippen LogP contribution in [0.25, 0.3) is 0 Å². The van der Waals surface area contributed by atoms with Crippen LogP contribution < -0.4 is 0 Å². The van der Waals surface area contributed by atoms with Crippen molar-refractivity contribution in [2.45, 2.75) is 30.3 Å². The van der Waals surface area contributed by atoms with Crippen molar-refractivity contribution in [3.63, 3.8) is 0 Å². The largest absolute Gasteiger partial charge is 0.465 e. The molecule has 0 amide bonds. The smallest absolute Gasteiger partial charge is 0.349 e. The highest BCUT2D eigenvalue weighted by molar-refractivity contribution is 7.89. The van der Waals surface area contributed by atoms with Gasteiger partial charge in [0.2, 0.25) is 10.0 Å². The van der Waals surface area contributed by atoms with E-state index in [0.29, 0.717) is 5.56 Å². The maximum absolute atomic E-state index is 12.7. The van der Waals surface area contributed by atoms with E-state index in [1.807, 2.05) is 0 Å². The number of ether oxygens (including phenoxy) is 1. The third-order valence-corrected chi connectivity index (χ3v) is 7.31. The van der Waals surface area contributed by atoms with Gasteiger partial charge in [-0.2, -0.15) is 4.31 Å². The van der Waals surface area contributed by atoms with Crippen molar-refractivity contribution >= 4 is 27.3 Å². The zero-order valence-electron chi connectivity index (χ0n) is 11.8. The van der Waals surface area contributed by atoms with Crippen LogP contribution in [0.2, 0.25) is 0 Å². The Kier molecular flexibility index (Phi) is 3.40. The molecule has 1 saturated carbocycles. The zero-order valence-corrected chi connectivity index (χ0v) is 13.5. The predicted octanol–water partition coefficient (Wildman–Crippen LogP) is 0.989. The molecule has 8 heteroatoms. The summed E-state index contributed by atoms with van der Waals surface area (Å²) in [7, 11) is -2.54. The van der Waals surface area contributed by atoms with Crippen molar-refractivity contribution in [1.82, 2.24) is 4.31 Å². The molecule has 1 saturated heterocycles. The summed E-state index contributed by atoms with van der Waals surface area (Å²) < 4.78 is 31.3. The fraction of sp³-hybridized carbons (Fsp3) is 0.615. The Balaban J connectivity index is 1.90. The van der Waals surface area contributed by atoms with E-state index in [0.717, 1.165) is 24.2 Å². The number of carbonyl (C=O) groups is 1. The lowest BCUT2D eigenvalue weighted by atomic mass is 9.91. The average molecular weight is 331 g/mol. The maximum Gasteiger partial charge on any atom is 0.349 e. The second-order valence-corrected chi connectivity index (χ2v) is 8.47. The Morgan fingerprint density at radius 1 is 1.48 bits per heavy atom. The van der Waals surface area contributed by atoms with Crippen LogP contribution in [-0.2, 0) is 14.8 Å². The van der Waals surface area contributed by atoms with Gasteiger partial charge in [-0.25, -0.2) is 13.2 Å². The zero-order chi connectivity index (χ0) is 15.4. The summed E-state index contributed by atoms with van der Waals surface area (Å²) in [5, 5.41) is 11.9. The molecule has 2 heterocycles. The van der Waals surface area contributed by atoms with Crippen LogP contribution in [-0.4, -0.2) is 49.6 Å². The molecule has 1 aromatic heterocycles. The second-order valence-electron chi connectivity index (χ2n) is 5.72. The first-order valence-electron chi connectivity index (χ1n) is 6.68. The van der Waals surface area contributed by atoms with Gasteiger partial charge in [0.1, 0.15) is 9.77 Å². The van der Waals surface area contributed by atoms with Crippen molar-refractivity contribution < 1.29 is 23.1 Å². The van der Waals surface area contributed by atoms with Gasteiger partial charge in [0, 0.05) is 13.1 Å². The Morgan fingerprint density at radius 3 is 2.62 bits per heavy atom. The van der Waals surface area contributed by atoms with Gasteiger partial charge in [-0.15, -0.1) is 11.3 Å². The van der Waals surface area contributed by atoms with E-state index >= 15 is 0 Å². The monoisotopic (exact) mass is 331 g/mol. The highest BCUT2D eigenvalue weighted by Crippen LogP contribution is 2.46. The van der Waals surface area contributed by atoms with E-state index in [9.17, 15) is 18.3 Å². The third kappa shape index (κ3) is 2.30. The second kappa shape index (κ2) is 4.77. The van der Waals surface area contributed by atoms with Crippen molar-refractivity contribution in [3.05, 3.63) is 15.8 Å². The first kappa shape index (κ1) is 15.0. The number of thiophene rings is 1. The van der Waals surface area contributed by atoms with Crippen LogP contribution in [0.1, 0.15) is 28.1 Å². The maximum atomic E-state index is 12.7. The fourth-order valence-corrected chi connectivity index (χ4v) is 5.95. The van der Waals surface area contributed by atoms with Gasteiger partial charge in [-0.1, -0.05) is 0 Å². The molecule has 6 nitrogen and oxygen atoms in total. The van der Waals surface area contributed by atoms with Crippen molar-refractivity contribution in [3.8, 4) is 0 Å². The summed E-state index contributed by atoms with van der Waals surface area (Å²) in [6, 6.07) is 0. The van der Waals surface area contributed by atoms with E-state index in [-0.39, 0.29) is 28.8 Å². The van der Waals surface area contributed by atoms with E-state index in [4.69, 9.17) is 0 Å². The number of hydrogen-bond acceptors (Lipinski definition) is 6. The third-order valence-electron chi connectivity index (χ3n) is 4.12. The van der Waals surface area contributed by atoms with Crippen LogP contribution in [0.15, 0.2) is 10.3 Å². The summed E-state index contributed by atoms with van der Waals surface area (Å²) in [6.07, 6.45) is 1.91. The molecular formula is C13H17NO5S2. The van der Waals surface area contributed by atoms with Crippen LogP contribution in [0.5, 0.6) is 0 Å². The predicted molar refractivity (Wildman–Crippen MR) is 76.8 cm³/mol. The number of aryl methyl sites for hydroxylation is 1. The molecule has 116 valence electrons. The van der Waals surface area contributed by atoms with Gasteiger partial charge < -0.3 is 9.84 Å². The topological polar surface area (TPSA) is 83.9 Å². The Morgan fingerprint density at radius 2 is 2.10 bits per heavy atom. The first-order valence-corrected chi connectivity index (χ1v) is 9.00. The number of nitrogens with zero attached hydrogens (tertiary/aromatic N) is 1. The van der Waals surface area contributed by atoms with Gasteiger partial charge in [0.05, 0.1) is 12.7 Å². The molecule has 2 fully saturated rings. The molecule has 3 rings (SSSR count). The van der Waals surface area contributed by atoms with Gasteiger partial charge >= 0.3 is 5.97 Å². The molecule has 21 heavy (non-hydrogen) atoms. The van der Waals surface area contributed by atoms with E-state index in [1.54, 1.807) is 12.3 Å². The molecule has 2 aliphatic rings. The van der Waals surface area contributed by atoms with Crippen molar-refractivity contribution in [2.75, 3.05) is 20.2 Å².